The Balaban J connectivity index is 1.21. The second kappa shape index (κ2) is 14.3. The number of para-hydroxylation sites is 2. The fraction of sp³-hybridized carbons (Fsp3) is 0.0182. The normalized spacial score (nSPS) is 11.6. The van der Waals surface area contributed by atoms with E-state index in [9.17, 15) is 0 Å². The number of benzene rings is 8. The molecule has 2 aromatic heterocycles. The molecule has 0 fully saturated rings. The lowest BCUT2D eigenvalue weighted by molar-refractivity contribution is 0.670. The van der Waals surface area contributed by atoms with Crippen LogP contribution in [0.2, 0.25) is 0 Å². The number of furan rings is 1. The van der Waals surface area contributed by atoms with Gasteiger partial charge in [-0.15, -0.1) is 0 Å². The fourth-order valence-electron chi connectivity index (χ4n) is 8.30. The minimum absolute atomic E-state index is 0.891. The number of hydrogen-bond acceptors (Lipinski definition) is 1. The summed E-state index contributed by atoms with van der Waals surface area (Å²) in [4.78, 5) is 0. The summed E-state index contributed by atoms with van der Waals surface area (Å²) in [5, 5.41) is 3.45. The zero-order chi connectivity index (χ0) is 38.3. The molecule has 57 heavy (non-hydrogen) atoms. The van der Waals surface area contributed by atoms with E-state index in [4.69, 9.17) is 4.42 Å². The molecular formula is C55H39NO. The predicted molar refractivity (Wildman–Crippen MR) is 242 cm³/mol. The second-order valence-electron chi connectivity index (χ2n) is 14.6. The van der Waals surface area contributed by atoms with Crippen LogP contribution in [0.4, 0.5) is 0 Å². The maximum atomic E-state index is 6.57. The van der Waals surface area contributed by atoms with Gasteiger partial charge in [-0.1, -0.05) is 152 Å². The van der Waals surface area contributed by atoms with Crippen LogP contribution in [0.15, 0.2) is 211 Å². The third-order valence-corrected chi connectivity index (χ3v) is 11.2. The molecule has 0 atom stereocenters. The zero-order valence-electron chi connectivity index (χ0n) is 31.7. The number of rotatable bonds is 8. The Labute approximate surface area is 332 Å². The van der Waals surface area contributed by atoms with Crippen molar-refractivity contribution in [3.05, 3.63) is 218 Å². The summed E-state index contributed by atoms with van der Waals surface area (Å²) in [7, 11) is 0. The minimum Gasteiger partial charge on any atom is -0.455 e. The lowest BCUT2D eigenvalue weighted by Crippen LogP contribution is -1.97. The molecule has 0 N–H and O–H groups in total. The van der Waals surface area contributed by atoms with Crippen LogP contribution in [0, 0.1) is 6.92 Å². The lowest BCUT2D eigenvalue weighted by atomic mass is 9.90. The quantitative estimate of drug-likeness (QED) is 0.142. The molecule has 2 heteroatoms. The van der Waals surface area contributed by atoms with Crippen LogP contribution in [0.3, 0.4) is 0 Å². The van der Waals surface area contributed by atoms with Gasteiger partial charge in [0.2, 0.25) is 0 Å². The number of allylic oxidation sites excluding steroid dienone is 2. The Morgan fingerprint density at radius 2 is 1.00 bits per heavy atom. The van der Waals surface area contributed by atoms with Gasteiger partial charge in [-0.05, 0) is 123 Å². The van der Waals surface area contributed by atoms with Gasteiger partial charge >= 0.3 is 0 Å². The van der Waals surface area contributed by atoms with E-state index in [0.29, 0.717) is 0 Å². The summed E-state index contributed by atoms with van der Waals surface area (Å²) in [5.41, 5.74) is 18.0. The Hall–Kier alpha value is -7.42. The SMILES string of the molecule is C=C/C=C\c1c(C)c2ccc(-c3cc(-c4ccc(-c5ccccc5)cc4)cc(-c4cc(-c5ccccc5)c5oc6ccccc6c5c4)c3)cc2n1-c1ccccc1. The van der Waals surface area contributed by atoms with E-state index in [0.717, 1.165) is 83.3 Å². The molecule has 0 saturated carbocycles. The Kier molecular flexibility index (Phi) is 8.58. The molecule has 0 radical (unpaired) electrons. The van der Waals surface area contributed by atoms with Gasteiger partial charge in [-0.25, -0.2) is 0 Å². The molecule has 2 heterocycles. The average Bonchev–Trinajstić information content (AvgIpc) is 3.80. The molecule has 0 spiro atoms. The van der Waals surface area contributed by atoms with Crippen molar-refractivity contribution in [2.24, 2.45) is 0 Å². The van der Waals surface area contributed by atoms with Crippen LogP contribution in [0.1, 0.15) is 11.3 Å². The molecule has 0 aliphatic heterocycles. The predicted octanol–water partition coefficient (Wildman–Crippen LogP) is 15.4. The number of nitrogens with zero attached hydrogens (tertiary/aromatic N) is 1. The third kappa shape index (κ3) is 6.18. The molecule has 0 amide bonds. The van der Waals surface area contributed by atoms with Gasteiger partial charge in [0.1, 0.15) is 11.2 Å². The molecule has 0 aliphatic carbocycles. The first-order valence-corrected chi connectivity index (χ1v) is 19.4. The smallest absolute Gasteiger partial charge is 0.143 e. The molecule has 0 saturated heterocycles. The highest BCUT2D eigenvalue weighted by atomic mass is 16.3. The topological polar surface area (TPSA) is 18.1 Å². The molecule has 10 rings (SSSR count). The van der Waals surface area contributed by atoms with Crippen molar-refractivity contribution in [2.45, 2.75) is 6.92 Å². The van der Waals surface area contributed by atoms with Gasteiger partial charge in [0.05, 0.1) is 5.52 Å². The van der Waals surface area contributed by atoms with Gasteiger partial charge in [0.25, 0.3) is 0 Å². The number of hydrogen-bond donors (Lipinski definition) is 0. The molecule has 270 valence electrons. The highest BCUT2D eigenvalue weighted by Gasteiger charge is 2.18. The largest absolute Gasteiger partial charge is 0.455 e. The Morgan fingerprint density at radius 1 is 0.456 bits per heavy atom. The van der Waals surface area contributed by atoms with Gasteiger partial charge < -0.3 is 8.98 Å². The van der Waals surface area contributed by atoms with E-state index in [1.807, 2.05) is 18.2 Å². The first kappa shape index (κ1) is 34.1. The van der Waals surface area contributed by atoms with Gasteiger partial charge in [0, 0.05) is 33.1 Å². The fourth-order valence-corrected chi connectivity index (χ4v) is 8.30. The first-order chi connectivity index (χ1) is 28.1. The lowest BCUT2D eigenvalue weighted by Gasteiger charge is -2.14. The van der Waals surface area contributed by atoms with Crippen LogP contribution < -0.4 is 0 Å². The number of aromatic nitrogens is 1. The van der Waals surface area contributed by atoms with Crippen LogP contribution in [-0.2, 0) is 0 Å². The van der Waals surface area contributed by atoms with Crippen molar-refractivity contribution in [3.63, 3.8) is 0 Å². The van der Waals surface area contributed by atoms with Crippen molar-refractivity contribution in [1.29, 1.82) is 0 Å². The van der Waals surface area contributed by atoms with E-state index in [2.05, 4.69) is 206 Å². The molecule has 0 unspecified atom stereocenters. The first-order valence-electron chi connectivity index (χ1n) is 19.4. The van der Waals surface area contributed by atoms with E-state index in [1.54, 1.807) is 0 Å². The van der Waals surface area contributed by atoms with Crippen molar-refractivity contribution < 1.29 is 4.42 Å². The zero-order valence-corrected chi connectivity index (χ0v) is 31.7. The highest BCUT2D eigenvalue weighted by molar-refractivity contribution is 6.11. The van der Waals surface area contributed by atoms with Crippen molar-refractivity contribution in [3.8, 4) is 61.3 Å². The molecular weight excluding hydrogens is 691 g/mol. The van der Waals surface area contributed by atoms with Crippen molar-refractivity contribution in [1.82, 2.24) is 4.57 Å². The molecule has 0 aliphatic rings. The number of fused-ring (bicyclic) bond motifs is 4. The maximum Gasteiger partial charge on any atom is 0.143 e. The average molecular weight is 730 g/mol. The minimum atomic E-state index is 0.891. The molecule has 2 nitrogen and oxygen atoms in total. The van der Waals surface area contributed by atoms with Crippen LogP contribution >= 0.6 is 0 Å². The van der Waals surface area contributed by atoms with E-state index < -0.39 is 0 Å². The Bertz CT molecular complexity index is 3110. The summed E-state index contributed by atoms with van der Waals surface area (Å²) in [6.45, 7) is 6.16. The third-order valence-electron chi connectivity index (χ3n) is 11.2. The summed E-state index contributed by atoms with van der Waals surface area (Å²) in [5.74, 6) is 0. The van der Waals surface area contributed by atoms with E-state index >= 15 is 0 Å². The summed E-state index contributed by atoms with van der Waals surface area (Å²) in [6.07, 6.45) is 6.02. The molecule has 10 aromatic rings. The highest BCUT2D eigenvalue weighted by Crippen LogP contribution is 2.42. The maximum absolute atomic E-state index is 6.57. The monoisotopic (exact) mass is 729 g/mol. The summed E-state index contributed by atoms with van der Waals surface area (Å²) >= 11 is 0. The van der Waals surface area contributed by atoms with Crippen molar-refractivity contribution in [2.75, 3.05) is 0 Å². The van der Waals surface area contributed by atoms with Gasteiger partial charge in [-0.3, -0.25) is 0 Å². The number of aryl methyl sites for hydroxylation is 1. The summed E-state index contributed by atoms with van der Waals surface area (Å²) in [6, 6.07) is 67.6. The Morgan fingerprint density at radius 3 is 1.70 bits per heavy atom. The van der Waals surface area contributed by atoms with Crippen molar-refractivity contribution >= 4 is 38.9 Å². The van der Waals surface area contributed by atoms with Crippen LogP contribution in [-0.4, -0.2) is 4.57 Å². The van der Waals surface area contributed by atoms with Gasteiger partial charge in [-0.2, -0.15) is 0 Å². The molecule has 8 aromatic carbocycles. The second-order valence-corrected chi connectivity index (χ2v) is 14.6. The van der Waals surface area contributed by atoms with Crippen LogP contribution in [0.5, 0.6) is 0 Å². The van der Waals surface area contributed by atoms with Crippen LogP contribution in [0.25, 0.3) is 100 Å². The van der Waals surface area contributed by atoms with Gasteiger partial charge in [0.15, 0.2) is 0 Å². The van der Waals surface area contributed by atoms with E-state index in [1.165, 1.54) is 22.1 Å². The summed E-state index contributed by atoms with van der Waals surface area (Å²) < 4.78 is 8.94. The van der Waals surface area contributed by atoms with E-state index in [-0.39, 0.29) is 0 Å². The standard InChI is InChI=1S/C55H39NO/c1-3-4-23-52-37(2)48-30-29-42(36-53(48)56(52)47-20-12-7-13-21-47)44-31-43(40-27-25-39(26-28-40)38-16-8-5-9-17-38)32-45(33-44)46-34-50(41-18-10-6-11-19-41)55-51(35-46)49-22-14-15-24-54(49)57-55/h3-36H,1H2,2H3/b23-4-. The molecule has 0 bridgehead atoms.